The fourth-order valence-corrected chi connectivity index (χ4v) is 2.30. The first-order valence-electron chi connectivity index (χ1n) is 5.97. The van der Waals surface area contributed by atoms with Crippen LogP contribution in [0.3, 0.4) is 0 Å². The smallest absolute Gasteiger partial charge is 0.172 e. The van der Waals surface area contributed by atoms with Crippen molar-refractivity contribution in [3.8, 4) is 0 Å². The summed E-state index contributed by atoms with van der Waals surface area (Å²) in [5.41, 5.74) is 0.914. The van der Waals surface area contributed by atoms with Crippen LogP contribution in [0.2, 0.25) is 0 Å². The van der Waals surface area contributed by atoms with Gasteiger partial charge in [0, 0.05) is 36.6 Å². The van der Waals surface area contributed by atoms with Gasteiger partial charge in [-0.2, -0.15) is 0 Å². The van der Waals surface area contributed by atoms with Crippen LogP contribution in [0.5, 0.6) is 0 Å². The number of aromatic nitrogens is 2. The molecule has 1 aromatic carbocycles. The number of rotatable bonds is 6. The van der Waals surface area contributed by atoms with Crippen molar-refractivity contribution in [1.82, 2.24) is 9.55 Å². The van der Waals surface area contributed by atoms with Gasteiger partial charge in [-0.05, 0) is 24.3 Å². The van der Waals surface area contributed by atoms with Crippen molar-refractivity contribution >= 4 is 17.4 Å². The summed E-state index contributed by atoms with van der Waals surface area (Å²) in [6.45, 7) is 0.0997. The zero-order valence-corrected chi connectivity index (χ0v) is 11.5. The Morgan fingerprint density at radius 1 is 1.37 bits per heavy atom. The average molecular weight is 279 g/mol. The second-order valence-corrected chi connectivity index (χ2v) is 5.21. The second-order valence-electron chi connectivity index (χ2n) is 4.16. The Labute approximate surface area is 116 Å². The lowest BCUT2D eigenvalue weighted by Crippen LogP contribution is -2.22. The highest BCUT2D eigenvalue weighted by Gasteiger charge is 2.04. The second kappa shape index (κ2) is 6.60. The van der Waals surface area contributed by atoms with E-state index in [1.807, 2.05) is 42.1 Å². The lowest BCUT2D eigenvalue weighted by Gasteiger charge is -2.10. The Morgan fingerprint density at radius 3 is 2.68 bits per heavy atom. The Balaban J connectivity index is 1.93. The molecule has 5 nitrogen and oxygen atoms in total. The third kappa shape index (κ3) is 3.99. The van der Waals surface area contributed by atoms with Gasteiger partial charge in [0.25, 0.3) is 0 Å². The topological polar surface area (TPSA) is 70.3 Å². The van der Waals surface area contributed by atoms with E-state index in [0.717, 1.165) is 15.7 Å². The maximum absolute atomic E-state index is 9.25. The largest absolute Gasteiger partial charge is 0.394 e. The number of nitrogens with one attached hydrogen (secondary N) is 1. The summed E-state index contributed by atoms with van der Waals surface area (Å²) in [7, 11) is 1.96. The van der Waals surface area contributed by atoms with Crippen LogP contribution >= 0.6 is 11.8 Å². The molecule has 0 aliphatic carbocycles. The summed E-state index contributed by atoms with van der Waals surface area (Å²) in [5, 5.41) is 22.0. The predicted molar refractivity (Wildman–Crippen MR) is 75.4 cm³/mol. The normalized spacial score (nSPS) is 12.4. The third-order valence-corrected chi connectivity index (χ3v) is 3.68. The standard InChI is InChI=1S/C13H17N3O2S/c1-16-7-6-14-13(16)19-12-4-2-10(3-5-12)15-8-11(18)9-17/h2-7,11,15,17-18H,8-9H2,1H3. The zero-order chi connectivity index (χ0) is 13.7. The molecule has 3 N–H and O–H groups in total. The predicted octanol–water partition coefficient (Wildman–Crippen LogP) is 1.34. The minimum Gasteiger partial charge on any atom is -0.394 e. The number of aliphatic hydroxyl groups is 2. The van der Waals surface area contributed by atoms with Crippen molar-refractivity contribution in [2.45, 2.75) is 16.2 Å². The quantitative estimate of drug-likeness (QED) is 0.744. The van der Waals surface area contributed by atoms with E-state index in [2.05, 4.69) is 10.3 Å². The van der Waals surface area contributed by atoms with Crippen LogP contribution in [0, 0.1) is 0 Å². The van der Waals surface area contributed by atoms with Gasteiger partial charge < -0.3 is 20.1 Å². The van der Waals surface area contributed by atoms with Gasteiger partial charge in [0.1, 0.15) is 0 Å². The third-order valence-electron chi connectivity index (χ3n) is 2.59. The van der Waals surface area contributed by atoms with E-state index in [0.29, 0.717) is 6.54 Å². The molecular formula is C13H17N3O2S. The highest BCUT2D eigenvalue weighted by molar-refractivity contribution is 7.99. The Morgan fingerprint density at radius 2 is 2.11 bits per heavy atom. The molecule has 1 atom stereocenters. The van der Waals surface area contributed by atoms with Gasteiger partial charge in [0.05, 0.1) is 12.7 Å². The van der Waals surface area contributed by atoms with Gasteiger partial charge in [-0.1, -0.05) is 11.8 Å². The maximum Gasteiger partial charge on any atom is 0.172 e. The maximum atomic E-state index is 9.25. The summed E-state index contributed by atoms with van der Waals surface area (Å²) in [4.78, 5) is 5.35. The van der Waals surface area contributed by atoms with E-state index in [4.69, 9.17) is 5.11 Å². The van der Waals surface area contributed by atoms with E-state index in [1.165, 1.54) is 0 Å². The Kier molecular flexibility index (Phi) is 4.84. The molecule has 0 saturated carbocycles. The molecule has 2 aromatic rings. The van der Waals surface area contributed by atoms with Crippen molar-refractivity contribution in [3.63, 3.8) is 0 Å². The van der Waals surface area contributed by atoms with Crippen LogP contribution in [-0.2, 0) is 7.05 Å². The number of nitrogens with zero attached hydrogens (tertiary/aromatic N) is 2. The molecule has 2 rings (SSSR count). The lowest BCUT2D eigenvalue weighted by atomic mass is 10.3. The van der Waals surface area contributed by atoms with Gasteiger partial charge in [-0.3, -0.25) is 0 Å². The van der Waals surface area contributed by atoms with E-state index >= 15 is 0 Å². The summed E-state index contributed by atoms with van der Waals surface area (Å²) in [6.07, 6.45) is 2.95. The van der Waals surface area contributed by atoms with Crippen LogP contribution in [-0.4, -0.2) is 39.0 Å². The summed E-state index contributed by atoms with van der Waals surface area (Å²) in [5.74, 6) is 0. The van der Waals surface area contributed by atoms with Gasteiger partial charge in [0.2, 0.25) is 0 Å². The van der Waals surface area contributed by atoms with Crippen molar-refractivity contribution in [2.24, 2.45) is 7.05 Å². The highest BCUT2D eigenvalue weighted by Crippen LogP contribution is 2.26. The van der Waals surface area contributed by atoms with Crippen LogP contribution in [0.4, 0.5) is 5.69 Å². The van der Waals surface area contributed by atoms with Crippen LogP contribution in [0.25, 0.3) is 0 Å². The lowest BCUT2D eigenvalue weighted by molar-refractivity contribution is 0.105. The van der Waals surface area contributed by atoms with E-state index in [1.54, 1.807) is 18.0 Å². The minimum absolute atomic E-state index is 0.236. The number of aryl methyl sites for hydroxylation is 1. The van der Waals surface area contributed by atoms with E-state index < -0.39 is 6.10 Å². The fraction of sp³-hybridized carbons (Fsp3) is 0.308. The minimum atomic E-state index is -0.735. The molecule has 0 bridgehead atoms. The highest BCUT2D eigenvalue weighted by atomic mass is 32.2. The zero-order valence-electron chi connectivity index (χ0n) is 10.7. The molecule has 1 unspecified atom stereocenters. The number of aliphatic hydroxyl groups excluding tert-OH is 2. The summed E-state index contributed by atoms with van der Waals surface area (Å²) < 4.78 is 1.97. The van der Waals surface area contributed by atoms with Crippen molar-refractivity contribution in [3.05, 3.63) is 36.7 Å². The molecule has 0 fully saturated rings. The molecule has 0 aliphatic heterocycles. The molecule has 0 amide bonds. The summed E-state index contributed by atoms with van der Waals surface area (Å²) >= 11 is 1.59. The fourth-order valence-electron chi connectivity index (χ4n) is 1.50. The van der Waals surface area contributed by atoms with Crippen molar-refractivity contribution < 1.29 is 10.2 Å². The molecular weight excluding hydrogens is 262 g/mol. The number of hydrogen-bond acceptors (Lipinski definition) is 5. The van der Waals surface area contributed by atoms with Gasteiger partial charge in [-0.15, -0.1) is 0 Å². The molecule has 1 heterocycles. The Bertz CT molecular complexity index is 513. The first-order chi connectivity index (χ1) is 9.19. The molecule has 0 saturated heterocycles. The molecule has 6 heteroatoms. The number of benzene rings is 1. The molecule has 0 aliphatic rings. The van der Waals surface area contributed by atoms with Crippen molar-refractivity contribution in [2.75, 3.05) is 18.5 Å². The van der Waals surface area contributed by atoms with Gasteiger partial charge in [-0.25, -0.2) is 4.98 Å². The first-order valence-corrected chi connectivity index (χ1v) is 6.78. The van der Waals surface area contributed by atoms with E-state index in [-0.39, 0.29) is 6.61 Å². The SMILES string of the molecule is Cn1ccnc1Sc1ccc(NCC(O)CO)cc1. The molecule has 102 valence electrons. The monoisotopic (exact) mass is 279 g/mol. The molecule has 0 spiro atoms. The van der Waals surface area contributed by atoms with Crippen molar-refractivity contribution in [1.29, 1.82) is 0 Å². The number of anilines is 1. The summed E-state index contributed by atoms with van der Waals surface area (Å²) in [6, 6.07) is 7.87. The average Bonchev–Trinajstić information content (AvgIpc) is 2.83. The molecule has 1 aromatic heterocycles. The Hall–Kier alpha value is -1.50. The number of hydrogen-bond donors (Lipinski definition) is 3. The van der Waals surface area contributed by atoms with Gasteiger partial charge in [0.15, 0.2) is 5.16 Å². The van der Waals surface area contributed by atoms with Crippen LogP contribution in [0.1, 0.15) is 0 Å². The molecule has 19 heavy (non-hydrogen) atoms. The van der Waals surface area contributed by atoms with Crippen LogP contribution in [0.15, 0.2) is 46.7 Å². The first kappa shape index (κ1) is 13.9. The number of imidazole rings is 1. The van der Waals surface area contributed by atoms with E-state index in [9.17, 15) is 5.11 Å². The van der Waals surface area contributed by atoms with Gasteiger partial charge >= 0.3 is 0 Å². The van der Waals surface area contributed by atoms with Crippen LogP contribution < -0.4 is 5.32 Å². The molecule has 0 radical (unpaired) electrons.